The maximum atomic E-state index is 5.76. The van der Waals surface area contributed by atoms with Crippen molar-refractivity contribution in [3.63, 3.8) is 0 Å². The topological polar surface area (TPSA) is 56.3 Å². The third-order valence-electron chi connectivity index (χ3n) is 2.91. The number of hydrogen-bond donors (Lipinski definition) is 1. The van der Waals surface area contributed by atoms with Crippen molar-refractivity contribution in [3.05, 3.63) is 29.3 Å². The summed E-state index contributed by atoms with van der Waals surface area (Å²) in [6, 6.07) is 8.25. The smallest absolute Gasteiger partial charge is 0.299 e. The molecule has 1 fully saturated rings. The Kier molecular flexibility index (Phi) is 4.13. The molecule has 1 aromatic carbocycles. The molecule has 0 amide bonds. The second-order valence-electron chi connectivity index (χ2n) is 4.60. The van der Waals surface area contributed by atoms with Gasteiger partial charge in [0.2, 0.25) is 0 Å². The molecule has 0 bridgehead atoms. The van der Waals surface area contributed by atoms with Gasteiger partial charge in [-0.2, -0.15) is 0 Å². The molecule has 2 aromatic rings. The predicted octanol–water partition coefficient (Wildman–Crippen LogP) is 2.98. The third-order valence-corrected chi connectivity index (χ3v) is 3.72. The summed E-state index contributed by atoms with van der Waals surface area (Å²) in [4.78, 5) is 0. The number of ether oxygens (including phenoxy) is 2. The molecule has 1 aliphatic rings. The van der Waals surface area contributed by atoms with E-state index < -0.39 is 0 Å². The molecule has 0 atom stereocenters. The lowest BCUT2D eigenvalue weighted by molar-refractivity contribution is 0.320. The Morgan fingerprint density at radius 3 is 2.80 bits per heavy atom. The maximum absolute atomic E-state index is 5.76. The molecule has 0 unspecified atom stereocenters. The van der Waals surface area contributed by atoms with Crippen molar-refractivity contribution in [2.75, 3.05) is 6.61 Å². The normalized spacial score (nSPS) is 14.2. The van der Waals surface area contributed by atoms with Gasteiger partial charge in [-0.3, -0.25) is 0 Å². The van der Waals surface area contributed by atoms with Crippen LogP contribution < -0.4 is 14.8 Å². The molecule has 0 saturated heterocycles. The second-order valence-corrected chi connectivity index (χ2v) is 5.62. The minimum atomic E-state index is 0.546. The van der Waals surface area contributed by atoms with Gasteiger partial charge >= 0.3 is 0 Å². The number of hydrogen-bond acceptors (Lipinski definition) is 6. The summed E-state index contributed by atoms with van der Waals surface area (Å²) < 4.78 is 11.3. The lowest BCUT2D eigenvalue weighted by Crippen LogP contribution is -2.14. The Morgan fingerprint density at radius 2 is 2.05 bits per heavy atom. The van der Waals surface area contributed by atoms with Crippen LogP contribution in [-0.4, -0.2) is 22.8 Å². The summed E-state index contributed by atoms with van der Waals surface area (Å²) >= 11 is 1.46. The minimum absolute atomic E-state index is 0.546. The Bertz CT molecular complexity index is 569. The average Bonchev–Trinajstić information content (AvgIpc) is 3.19. The van der Waals surface area contributed by atoms with Gasteiger partial charge in [0.25, 0.3) is 5.19 Å². The summed E-state index contributed by atoms with van der Waals surface area (Å²) in [6.07, 6.45) is 2.54. The number of nitrogens with zero attached hydrogens (tertiary/aromatic N) is 2. The predicted molar refractivity (Wildman–Crippen MR) is 77.5 cm³/mol. The number of nitrogens with one attached hydrogen (secondary N) is 1. The fourth-order valence-corrected chi connectivity index (χ4v) is 2.43. The molecule has 0 spiro atoms. The highest BCUT2D eigenvalue weighted by Crippen LogP contribution is 2.32. The summed E-state index contributed by atoms with van der Waals surface area (Å²) in [5, 5.41) is 13.1. The zero-order chi connectivity index (χ0) is 13.8. The number of rotatable bonds is 7. The summed E-state index contributed by atoms with van der Waals surface area (Å²) in [7, 11) is 0. The fraction of sp³-hybridized carbons (Fsp3) is 0.429. The molecule has 6 heteroatoms. The first kappa shape index (κ1) is 13.3. The van der Waals surface area contributed by atoms with Crippen molar-refractivity contribution in [1.82, 2.24) is 15.5 Å². The quantitative estimate of drug-likeness (QED) is 0.850. The molecule has 106 valence electrons. The van der Waals surface area contributed by atoms with Crippen molar-refractivity contribution in [3.8, 4) is 16.7 Å². The van der Waals surface area contributed by atoms with Crippen LogP contribution in [0.15, 0.2) is 24.3 Å². The van der Waals surface area contributed by atoms with Gasteiger partial charge in [-0.15, -0.1) is 5.10 Å². The van der Waals surface area contributed by atoms with Crippen molar-refractivity contribution in [1.29, 1.82) is 0 Å². The van der Waals surface area contributed by atoms with Gasteiger partial charge in [-0.1, -0.05) is 28.6 Å². The van der Waals surface area contributed by atoms with E-state index in [0.717, 1.165) is 17.3 Å². The second kappa shape index (κ2) is 6.19. The van der Waals surface area contributed by atoms with E-state index in [1.54, 1.807) is 0 Å². The van der Waals surface area contributed by atoms with Crippen molar-refractivity contribution in [2.45, 2.75) is 32.4 Å². The molecule has 1 aliphatic carbocycles. The van der Waals surface area contributed by atoms with Crippen LogP contribution in [0.25, 0.3) is 0 Å². The van der Waals surface area contributed by atoms with E-state index in [2.05, 4.69) is 15.5 Å². The zero-order valence-corrected chi connectivity index (χ0v) is 12.2. The van der Waals surface area contributed by atoms with Crippen molar-refractivity contribution >= 4 is 11.3 Å². The molecular formula is C14H17N3O2S. The van der Waals surface area contributed by atoms with E-state index in [-0.39, 0.29) is 0 Å². The lowest BCUT2D eigenvalue weighted by atomic mass is 10.3. The van der Waals surface area contributed by atoms with E-state index in [1.807, 2.05) is 31.2 Å². The number of para-hydroxylation sites is 2. The molecule has 3 rings (SSSR count). The van der Waals surface area contributed by atoms with Crippen molar-refractivity contribution < 1.29 is 9.47 Å². The standard InChI is InChI=1S/C14H17N3O2S/c1-2-18-11-5-3-4-6-12(11)19-14-17-16-13(20-14)9-15-10-7-8-10/h3-6,10,15H,2,7-9H2,1H3. The van der Waals surface area contributed by atoms with Gasteiger partial charge in [0.1, 0.15) is 5.01 Å². The van der Waals surface area contributed by atoms with Crippen LogP contribution in [0.3, 0.4) is 0 Å². The summed E-state index contributed by atoms with van der Waals surface area (Å²) in [6.45, 7) is 3.31. The SMILES string of the molecule is CCOc1ccccc1Oc1nnc(CNC2CC2)s1. The Balaban J connectivity index is 1.64. The first-order valence-electron chi connectivity index (χ1n) is 6.80. The van der Waals surface area contributed by atoms with Crippen LogP contribution in [-0.2, 0) is 6.54 Å². The van der Waals surface area contributed by atoms with E-state index in [1.165, 1.54) is 24.2 Å². The van der Waals surface area contributed by atoms with Crippen LogP contribution in [0.5, 0.6) is 16.7 Å². The number of aromatic nitrogens is 2. The Morgan fingerprint density at radius 1 is 1.25 bits per heavy atom. The molecule has 1 N–H and O–H groups in total. The maximum Gasteiger partial charge on any atom is 0.299 e. The van der Waals surface area contributed by atoms with E-state index in [9.17, 15) is 0 Å². The Hall–Kier alpha value is -1.66. The zero-order valence-electron chi connectivity index (χ0n) is 11.3. The van der Waals surface area contributed by atoms with Crippen LogP contribution in [0.2, 0.25) is 0 Å². The van der Waals surface area contributed by atoms with Crippen LogP contribution >= 0.6 is 11.3 Å². The summed E-state index contributed by atoms with van der Waals surface area (Å²) in [5.74, 6) is 1.40. The highest BCUT2D eigenvalue weighted by atomic mass is 32.1. The highest BCUT2D eigenvalue weighted by Gasteiger charge is 2.21. The van der Waals surface area contributed by atoms with Crippen molar-refractivity contribution in [2.24, 2.45) is 0 Å². The van der Waals surface area contributed by atoms with E-state index in [0.29, 0.717) is 23.6 Å². The lowest BCUT2D eigenvalue weighted by Gasteiger charge is -2.08. The van der Waals surface area contributed by atoms with Crippen LogP contribution in [0.4, 0.5) is 0 Å². The first-order valence-corrected chi connectivity index (χ1v) is 7.62. The van der Waals surface area contributed by atoms with Crippen LogP contribution in [0.1, 0.15) is 24.8 Å². The number of benzene rings is 1. The third kappa shape index (κ3) is 3.46. The minimum Gasteiger partial charge on any atom is -0.490 e. The van der Waals surface area contributed by atoms with Gasteiger partial charge in [-0.25, -0.2) is 0 Å². The summed E-state index contributed by atoms with van der Waals surface area (Å²) in [5.41, 5.74) is 0. The van der Waals surface area contributed by atoms with Gasteiger partial charge < -0.3 is 14.8 Å². The fourth-order valence-electron chi connectivity index (χ4n) is 1.77. The largest absolute Gasteiger partial charge is 0.490 e. The van der Waals surface area contributed by atoms with Gasteiger partial charge in [0, 0.05) is 6.04 Å². The Labute approximate surface area is 121 Å². The molecule has 1 heterocycles. The first-order chi connectivity index (χ1) is 9.85. The van der Waals surface area contributed by atoms with Crippen LogP contribution in [0, 0.1) is 0 Å². The molecule has 1 aromatic heterocycles. The van der Waals surface area contributed by atoms with E-state index >= 15 is 0 Å². The monoisotopic (exact) mass is 291 g/mol. The van der Waals surface area contributed by atoms with Gasteiger partial charge in [0.15, 0.2) is 11.5 Å². The molecular weight excluding hydrogens is 274 g/mol. The molecule has 20 heavy (non-hydrogen) atoms. The van der Waals surface area contributed by atoms with Gasteiger partial charge in [0.05, 0.1) is 13.2 Å². The average molecular weight is 291 g/mol. The molecule has 0 radical (unpaired) electrons. The molecule has 5 nitrogen and oxygen atoms in total. The molecule has 1 saturated carbocycles. The van der Waals surface area contributed by atoms with E-state index in [4.69, 9.17) is 9.47 Å². The molecule has 0 aliphatic heterocycles. The highest BCUT2D eigenvalue weighted by molar-refractivity contribution is 7.13. The van der Waals surface area contributed by atoms with Gasteiger partial charge in [-0.05, 0) is 31.9 Å².